The minimum absolute atomic E-state index is 0.0504. The van der Waals surface area contributed by atoms with E-state index in [-0.39, 0.29) is 24.0 Å². The Labute approximate surface area is 251 Å². The monoisotopic (exact) mass is 587 g/mol. The smallest absolute Gasteiger partial charge is 0.253 e. The van der Waals surface area contributed by atoms with E-state index in [0.717, 1.165) is 74.4 Å². The van der Waals surface area contributed by atoms with E-state index in [1.54, 1.807) is 4.52 Å². The molecule has 0 bridgehead atoms. The summed E-state index contributed by atoms with van der Waals surface area (Å²) in [5, 5.41) is 19.0. The van der Waals surface area contributed by atoms with Crippen molar-refractivity contribution in [3.05, 3.63) is 83.0 Å². The van der Waals surface area contributed by atoms with Crippen LogP contribution in [0.5, 0.6) is 0 Å². The third-order valence-electron chi connectivity index (χ3n) is 9.11. The van der Waals surface area contributed by atoms with Crippen LogP contribution in [0.2, 0.25) is 5.02 Å². The highest BCUT2D eigenvalue weighted by Gasteiger charge is 2.36. The van der Waals surface area contributed by atoms with Gasteiger partial charge in [0, 0.05) is 54.1 Å². The number of benzene rings is 2. The summed E-state index contributed by atoms with van der Waals surface area (Å²) in [4.78, 5) is 24.4. The van der Waals surface area contributed by atoms with Crippen LogP contribution in [0, 0.1) is 0 Å². The molecule has 10 heteroatoms. The van der Waals surface area contributed by atoms with Gasteiger partial charge in [-0.25, -0.2) is 4.52 Å². The molecular weight excluding hydrogens is 550 g/mol. The average molecular weight is 588 g/mol. The molecule has 0 spiro atoms. The van der Waals surface area contributed by atoms with Gasteiger partial charge in [-0.15, -0.1) is 5.10 Å². The highest BCUT2D eigenvalue weighted by molar-refractivity contribution is 6.30. The number of piperidine rings is 2. The van der Waals surface area contributed by atoms with Gasteiger partial charge in [-0.1, -0.05) is 23.7 Å². The van der Waals surface area contributed by atoms with Crippen molar-refractivity contribution in [2.24, 2.45) is 0 Å². The summed E-state index contributed by atoms with van der Waals surface area (Å²) in [5.41, 5.74) is 4.13. The molecule has 2 aliphatic rings. The molecule has 9 nitrogen and oxygen atoms in total. The molecule has 2 aromatic heterocycles. The second kappa shape index (κ2) is 11.9. The van der Waals surface area contributed by atoms with Crippen molar-refractivity contribution >= 4 is 40.5 Å². The summed E-state index contributed by atoms with van der Waals surface area (Å²) < 4.78 is 1.79. The number of aliphatic hydroxyl groups excluding tert-OH is 1. The van der Waals surface area contributed by atoms with E-state index in [2.05, 4.69) is 33.3 Å². The molecule has 42 heavy (non-hydrogen) atoms. The van der Waals surface area contributed by atoms with Crippen LogP contribution in [-0.4, -0.2) is 88.3 Å². The first-order chi connectivity index (χ1) is 20.3. The fourth-order valence-corrected chi connectivity index (χ4v) is 6.41. The van der Waals surface area contributed by atoms with Crippen molar-refractivity contribution in [1.82, 2.24) is 24.4 Å². The number of pyridine rings is 1. The first-order valence-corrected chi connectivity index (χ1v) is 15.0. The number of nitrogens with zero attached hydrogens (tertiary/aromatic N) is 6. The number of amides is 1. The van der Waals surface area contributed by atoms with Gasteiger partial charge >= 0.3 is 0 Å². The summed E-state index contributed by atoms with van der Waals surface area (Å²) in [6, 6.07) is 19.7. The highest BCUT2D eigenvalue weighted by Crippen LogP contribution is 2.38. The van der Waals surface area contributed by atoms with Crippen molar-refractivity contribution in [3.63, 3.8) is 0 Å². The lowest BCUT2D eigenvalue weighted by Crippen LogP contribution is -2.45. The second-order valence-corrected chi connectivity index (χ2v) is 12.1. The Morgan fingerprint density at radius 3 is 2.40 bits per heavy atom. The number of fused-ring (bicyclic) bond motifs is 1. The fourth-order valence-electron chi connectivity index (χ4n) is 6.29. The van der Waals surface area contributed by atoms with Crippen LogP contribution >= 0.6 is 11.6 Å². The Morgan fingerprint density at radius 1 is 1.05 bits per heavy atom. The maximum Gasteiger partial charge on any atom is 0.253 e. The topological polar surface area (TPSA) is 89.2 Å². The summed E-state index contributed by atoms with van der Waals surface area (Å²) in [6.07, 6.45) is 5.55. The zero-order chi connectivity index (χ0) is 29.3. The predicted molar refractivity (Wildman–Crippen MR) is 167 cm³/mol. The maximum absolute atomic E-state index is 13.1. The lowest BCUT2D eigenvalue weighted by molar-refractivity contribution is 0.0659. The number of halogens is 1. The Morgan fingerprint density at radius 2 is 1.74 bits per heavy atom. The SMILES string of the molecule is CN1CCC(N(C)C(=O)c2ccc(Nc3nc4c(N5CCC(CO)(c6ccc(Cl)cc6)CC5)cccn4n3)cc2)CC1. The molecule has 2 aromatic carbocycles. The summed E-state index contributed by atoms with van der Waals surface area (Å²) in [7, 11) is 4.04. The van der Waals surface area contributed by atoms with Crippen LogP contribution in [0.3, 0.4) is 0 Å². The molecule has 0 atom stereocenters. The lowest BCUT2D eigenvalue weighted by atomic mass is 9.73. The molecule has 0 unspecified atom stereocenters. The number of rotatable bonds is 7. The van der Waals surface area contributed by atoms with Gasteiger partial charge in [-0.05, 0) is 99.9 Å². The molecule has 2 saturated heterocycles. The molecule has 6 rings (SSSR count). The van der Waals surface area contributed by atoms with Gasteiger partial charge in [0.2, 0.25) is 5.95 Å². The average Bonchev–Trinajstić information content (AvgIpc) is 3.44. The lowest BCUT2D eigenvalue weighted by Gasteiger charge is -2.42. The fraction of sp³-hybridized carbons (Fsp3) is 0.406. The number of hydrogen-bond donors (Lipinski definition) is 2. The van der Waals surface area contributed by atoms with Crippen LogP contribution in [0.4, 0.5) is 17.3 Å². The van der Waals surface area contributed by atoms with Crippen LogP contribution in [0.1, 0.15) is 41.6 Å². The molecule has 4 heterocycles. The van der Waals surface area contributed by atoms with E-state index in [1.165, 1.54) is 0 Å². The van der Waals surface area contributed by atoms with Crippen molar-refractivity contribution in [1.29, 1.82) is 0 Å². The van der Waals surface area contributed by atoms with Crippen LogP contribution in [0.15, 0.2) is 66.9 Å². The summed E-state index contributed by atoms with van der Waals surface area (Å²) in [5.74, 6) is 0.544. The molecule has 2 N–H and O–H groups in total. The van der Waals surface area contributed by atoms with Crippen LogP contribution < -0.4 is 10.2 Å². The van der Waals surface area contributed by atoms with Gasteiger partial charge in [0.25, 0.3) is 5.91 Å². The van der Waals surface area contributed by atoms with E-state index < -0.39 is 0 Å². The quantitative estimate of drug-likeness (QED) is 0.320. The van der Waals surface area contributed by atoms with Crippen LogP contribution in [-0.2, 0) is 5.41 Å². The number of aromatic nitrogens is 3. The molecule has 0 saturated carbocycles. The number of aliphatic hydroxyl groups is 1. The third-order valence-corrected chi connectivity index (χ3v) is 9.36. The number of carbonyl (C=O) groups is 1. The Bertz CT molecular complexity index is 1520. The van der Waals surface area contributed by atoms with Crippen molar-refractivity contribution in [3.8, 4) is 0 Å². The van der Waals surface area contributed by atoms with E-state index in [9.17, 15) is 9.90 Å². The Kier molecular flexibility index (Phi) is 8.07. The van der Waals surface area contributed by atoms with Crippen molar-refractivity contribution < 1.29 is 9.90 Å². The highest BCUT2D eigenvalue weighted by atomic mass is 35.5. The standard InChI is InChI=1S/C32H38ClN7O2/c1-37-18-13-27(14-19-37)38(2)30(42)23-5-11-26(12-6-23)34-31-35-29-28(4-3-17-40(29)36-31)39-20-15-32(22-41,16-21-39)24-7-9-25(33)10-8-24/h3-12,17,27,41H,13-16,18-22H2,1-2H3,(H,34,36). The molecule has 2 aliphatic heterocycles. The minimum Gasteiger partial charge on any atom is -0.395 e. The Balaban J connectivity index is 1.13. The van der Waals surface area contributed by atoms with E-state index in [1.807, 2.05) is 72.7 Å². The number of anilines is 3. The number of hydrogen-bond acceptors (Lipinski definition) is 7. The summed E-state index contributed by atoms with van der Waals surface area (Å²) >= 11 is 6.10. The van der Waals surface area contributed by atoms with Crippen LogP contribution in [0.25, 0.3) is 5.65 Å². The van der Waals surface area contributed by atoms with Gasteiger partial charge in [-0.2, -0.15) is 4.98 Å². The van der Waals surface area contributed by atoms with Gasteiger partial charge in [0.15, 0.2) is 5.65 Å². The Hall–Kier alpha value is -3.66. The van der Waals surface area contributed by atoms with Gasteiger partial charge in [0.05, 0.1) is 12.3 Å². The normalized spacial score (nSPS) is 17.9. The molecule has 220 valence electrons. The first kappa shape index (κ1) is 28.5. The molecule has 1 amide bonds. The first-order valence-electron chi connectivity index (χ1n) is 14.7. The van der Waals surface area contributed by atoms with E-state index in [0.29, 0.717) is 16.5 Å². The third kappa shape index (κ3) is 5.69. The predicted octanol–water partition coefficient (Wildman–Crippen LogP) is 4.82. The van der Waals surface area contributed by atoms with E-state index in [4.69, 9.17) is 16.6 Å². The largest absolute Gasteiger partial charge is 0.395 e. The van der Waals surface area contributed by atoms with Gasteiger partial charge in [0.1, 0.15) is 0 Å². The number of carbonyl (C=O) groups excluding carboxylic acids is 1. The van der Waals surface area contributed by atoms with Crippen molar-refractivity contribution in [2.75, 3.05) is 57.1 Å². The molecule has 2 fully saturated rings. The van der Waals surface area contributed by atoms with Crippen molar-refractivity contribution in [2.45, 2.75) is 37.1 Å². The molecule has 0 radical (unpaired) electrons. The zero-order valence-electron chi connectivity index (χ0n) is 24.2. The molecule has 0 aliphatic carbocycles. The van der Waals surface area contributed by atoms with Gasteiger partial charge < -0.3 is 25.1 Å². The number of likely N-dealkylation sites (tertiary alicyclic amines) is 1. The molecular formula is C32H38ClN7O2. The summed E-state index contributed by atoms with van der Waals surface area (Å²) in [6.45, 7) is 3.72. The maximum atomic E-state index is 13.1. The molecule has 4 aromatic rings. The van der Waals surface area contributed by atoms with E-state index >= 15 is 0 Å². The zero-order valence-corrected chi connectivity index (χ0v) is 25.0. The van der Waals surface area contributed by atoms with Gasteiger partial charge in [-0.3, -0.25) is 4.79 Å². The second-order valence-electron chi connectivity index (χ2n) is 11.7. The minimum atomic E-state index is -0.276. The number of nitrogens with one attached hydrogen (secondary N) is 1.